The normalized spacial score (nSPS) is 16.5. The van der Waals surface area contributed by atoms with Crippen molar-refractivity contribution in [3.8, 4) is 17.3 Å². The standard InChI is InChI=1S/C21H21IN5O3P/c1-10-5-6-14-13(9-23-27(14)31-22)15(10)18-12(3)17-16(20(28)30-18)19(25-21(24-17)29-4)26-8-7-11(26)2/h5-6,9,11,31H,7-8H2,1-4H3. The van der Waals surface area contributed by atoms with E-state index in [4.69, 9.17) is 9.15 Å². The summed E-state index contributed by atoms with van der Waals surface area (Å²) in [6.45, 7) is 6.89. The molecule has 0 spiro atoms. The fourth-order valence-corrected chi connectivity index (χ4v) is 5.70. The molecule has 2 atom stereocenters. The second kappa shape index (κ2) is 7.70. The van der Waals surface area contributed by atoms with Gasteiger partial charge >= 0.3 is 11.6 Å². The Kier molecular flexibility index (Phi) is 5.13. The van der Waals surface area contributed by atoms with Gasteiger partial charge in [-0.25, -0.2) is 9.25 Å². The van der Waals surface area contributed by atoms with Gasteiger partial charge in [-0.15, -0.1) is 0 Å². The first-order valence-corrected chi connectivity index (χ1v) is 14.0. The Balaban J connectivity index is 1.84. The van der Waals surface area contributed by atoms with Crippen LogP contribution in [-0.2, 0) is 0 Å². The molecule has 3 aromatic heterocycles. The molecule has 10 heteroatoms. The number of hydrogen-bond acceptors (Lipinski definition) is 7. The Morgan fingerprint density at radius 3 is 2.74 bits per heavy atom. The van der Waals surface area contributed by atoms with Crippen LogP contribution in [0, 0.1) is 13.8 Å². The van der Waals surface area contributed by atoms with Crippen LogP contribution in [0.15, 0.2) is 27.5 Å². The van der Waals surface area contributed by atoms with Gasteiger partial charge in [0.2, 0.25) is 0 Å². The summed E-state index contributed by atoms with van der Waals surface area (Å²) in [5.74, 6) is 1.10. The molecule has 1 fully saturated rings. The van der Waals surface area contributed by atoms with Gasteiger partial charge in [0.1, 0.15) is 11.1 Å². The number of nitrogens with zero attached hydrogens (tertiary/aromatic N) is 5. The van der Waals surface area contributed by atoms with E-state index in [1.165, 1.54) is 7.11 Å². The van der Waals surface area contributed by atoms with Gasteiger partial charge in [0.05, 0.1) is 30.7 Å². The number of benzene rings is 1. The first kappa shape index (κ1) is 20.6. The molecule has 0 N–H and O–H groups in total. The lowest BCUT2D eigenvalue weighted by atomic mass is 9.98. The summed E-state index contributed by atoms with van der Waals surface area (Å²) < 4.78 is 13.3. The van der Waals surface area contributed by atoms with Gasteiger partial charge in [-0.1, -0.05) is 6.07 Å². The van der Waals surface area contributed by atoms with Crippen LogP contribution in [0.4, 0.5) is 5.82 Å². The highest BCUT2D eigenvalue weighted by Gasteiger charge is 2.30. The predicted octanol–water partition coefficient (Wildman–Crippen LogP) is 4.62. The second-order valence-corrected chi connectivity index (χ2v) is 9.80. The maximum absolute atomic E-state index is 13.3. The third-order valence-corrected chi connectivity index (χ3v) is 7.89. The van der Waals surface area contributed by atoms with Crippen molar-refractivity contribution in [3.05, 3.63) is 39.9 Å². The molecule has 4 aromatic rings. The van der Waals surface area contributed by atoms with Crippen LogP contribution >= 0.6 is 28.4 Å². The van der Waals surface area contributed by atoms with Crippen LogP contribution < -0.4 is 15.3 Å². The average Bonchev–Trinajstić information content (AvgIpc) is 3.18. The van der Waals surface area contributed by atoms with Crippen LogP contribution in [0.25, 0.3) is 33.1 Å². The summed E-state index contributed by atoms with van der Waals surface area (Å²) in [6.07, 6.45) is 3.36. The summed E-state index contributed by atoms with van der Waals surface area (Å²) in [4.78, 5) is 24.4. The molecular formula is C21H21IN5O3P. The molecule has 0 radical (unpaired) electrons. The van der Waals surface area contributed by atoms with Gasteiger partial charge in [0.25, 0.3) is 0 Å². The number of rotatable bonds is 4. The number of aromatic nitrogens is 4. The zero-order chi connectivity index (χ0) is 21.9. The molecule has 160 valence electrons. The summed E-state index contributed by atoms with van der Waals surface area (Å²) in [5, 5.41) is 5.85. The summed E-state index contributed by atoms with van der Waals surface area (Å²) >= 11 is 2.30. The van der Waals surface area contributed by atoms with E-state index in [2.05, 4.69) is 55.0 Å². The van der Waals surface area contributed by atoms with Crippen molar-refractivity contribution in [3.63, 3.8) is 0 Å². The summed E-state index contributed by atoms with van der Waals surface area (Å²) in [7, 11) is 1.54. The third-order valence-electron chi connectivity index (χ3n) is 6.01. The maximum atomic E-state index is 13.3. The maximum Gasteiger partial charge on any atom is 0.349 e. The fraction of sp³-hybridized carbons (Fsp3) is 0.333. The highest BCUT2D eigenvalue weighted by molar-refractivity contribution is 14.2. The number of hydrogen-bond donors (Lipinski definition) is 0. The molecule has 4 heterocycles. The molecular weight excluding hydrogens is 528 g/mol. The minimum atomic E-state index is -0.438. The zero-order valence-electron chi connectivity index (χ0n) is 17.6. The van der Waals surface area contributed by atoms with Gasteiger partial charge in [-0.3, -0.25) is 0 Å². The molecule has 1 aliphatic rings. The minimum absolute atomic E-state index is 0.245. The highest BCUT2D eigenvalue weighted by Crippen LogP contribution is 2.39. The van der Waals surface area contributed by atoms with Crippen LogP contribution in [0.1, 0.15) is 24.5 Å². The van der Waals surface area contributed by atoms with Gasteiger partial charge in [-0.05, 0) is 60.9 Å². The average molecular weight is 549 g/mol. The van der Waals surface area contributed by atoms with Crippen molar-refractivity contribution in [2.45, 2.75) is 33.2 Å². The predicted molar refractivity (Wildman–Crippen MR) is 132 cm³/mol. The molecule has 1 saturated heterocycles. The molecule has 31 heavy (non-hydrogen) atoms. The van der Waals surface area contributed by atoms with Crippen molar-refractivity contribution in [2.24, 2.45) is 0 Å². The Morgan fingerprint density at radius 1 is 1.29 bits per heavy atom. The van der Waals surface area contributed by atoms with Crippen molar-refractivity contribution < 1.29 is 9.15 Å². The molecule has 0 saturated carbocycles. The van der Waals surface area contributed by atoms with Gasteiger partial charge < -0.3 is 14.1 Å². The fourth-order valence-electron chi connectivity index (χ4n) is 4.16. The SMILES string of the molecule is COc1nc(N2CCC2C)c2c(=O)oc(-c3c(C)ccc4c3cnn4PI)c(C)c2n1. The number of halogens is 1. The van der Waals surface area contributed by atoms with Crippen molar-refractivity contribution in [1.82, 2.24) is 19.5 Å². The van der Waals surface area contributed by atoms with Gasteiger partial charge in [0, 0.05) is 29.1 Å². The zero-order valence-corrected chi connectivity index (χ0v) is 20.7. The smallest absolute Gasteiger partial charge is 0.349 e. The second-order valence-electron chi connectivity index (χ2n) is 7.76. The van der Waals surface area contributed by atoms with E-state index in [-0.39, 0.29) is 6.01 Å². The van der Waals surface area contributed by atoms with Gasteiger partial charge in [-0.2, -0.15) is 15.1 Å². The molecule has 1 aliphatic heterocycles. The molecule has 0 aliphatic carbocycles. The van der Waals surface area contributed by atoms with E-state index >= 15 is 0 Å². The molecule has 5 rings (SSSR count). The van der Waals surface area contributed by atoms with E-state index in [9.17, 15) is 4.79 Å². The lowest BCUT2D eigenvalue weighted by molar-refractivity contribution is 0.379. The Hall–Kier alpha value is -2.26. The number of fused-ring (bicyclic) bond motifs is 2. The quantitative estimate of drug-likeness (QED) is 0.272. The Bertz CT molecular complexity index is 1400. The molecule has 1 aromatic carbocycles. The van der Waals surface area contributed by atoms with Crippen molar-refractivity contribution in [2.75, 3.05) is 18.6 Å². The lowest BCUT2D eigenvalue weighted by Crippen LogP contribution is -2.46. The molecule has 0 amide bonds. The topological polar surface area (TPSA) is 86.3 Å². The first-order valence-electron chi connectivity index (χ1n) is 9.95. The first-order chi connectivity index (χ1) is 14.9. The van der Waals surface area contributed by atoms with E-state index in [1.807, 2.05) is 30.6 Å². The molecule has 0 bridgehead atoms. The number of aryl methyl sites for hydroxylation is 2. The summed E-state index contributed by atoms with van der Waals surface area (Å²) in [5.41, 5.74) is 3.79. The number of ether oxygens (including phenoxy) is 1. The number of methoxy groups -OCH3 is 1. The van der Waals surface area contributed by atoms with Crippen LogP contribution in [0.2, 0.25) is 0 Å². The summed E-state index contributed by atoms with van der Waals surface area (Å²) in [6, 6.07) is 4.63. The van der Waals surface area contributed by atoms with E-state index in [0.29, 0.717) is 34.9 Å². The Morgan fingerprint density at radius 2 is 2.10 bits per heavy atom. The van der Waals surface area contributed by atoms with Crippen molar-refractivity contribution in [1.29, 1.82) is 0 Å². The molecule has 2 unspecified atom stereocenters. The largest absolute Gasteiger partial charge is 0.467 e. The monoisotopic (exact) mass is 549 g/mol. The Labute approximate surface area is 193 Å². The van der Waals surface area contributed by atoms with Crippen molar-refractivity contribution >= 4 is 56.0 Å². The van der Waals surface area contributed by atoms with Crippen LogP contribution in [-0.4, -0.2) is 39.2 Å². The minimum Gasteiger partial charge on any atom is -0.467 e. The highest BCUT2D eigenvalue weighted by atomic mass is 127. The molecule has 8 nitrogen and oxygen atoms in total. The number of anilines is 1. The van der Waals surface area contributed by atoms with E-state index in [1.54, 1.807) is 0 Å². The van der Waals surface area contributed by atoms with E-state index in [0.717, 1.165) is 40.6 Å². The van der Waals surface area contributed by atoms with E-state index < -0.39 is 5.63 Å². The lowest BCUT2D eigenvalue weighted by Gasteiger charge is -2.40. The van der Waals surface area contributed by atoms with Gasteiger partial charge in [0.15, 0.2) is 5.82 Å². The van der Waals surface area contributed by atoms with Crippen LogP contribution in [0.3, 0.4) is 0 Å². The third kappa shape index (κ3) is 3.12. The van der Waals surface area contributed by atoms with Crippen LogP contribution in [0.5, 0.6) is 6.01 Å².